The molecule has 0 bridgehead atoms. The van der Waals surface area contributed by atoms with E-state index in [9.17, 15) is 12.6 Å². The summed E-state index contributed by atoms with van der Waals surface area (Å²) in [6, 6.07) is 6.55. The summed E-state index contributed by atoms with van der Waals surface area (Å²) in [4.78, 5) is 13.2. The van der Waals surface area contributed by atoms with Crippen LogP contribution in [0.4, 0.5) is 5.69 Å². The molecule has 2 N–H and O–H groups in total. The molecule has 31 heavy (non-hydrogen) atoms. The molecule has 0 spiro atoms. The zero-order valence-electron chi connectivity index (χ0n) is 17.8. The van der Waals surface area contributed by atoms with Gasteiger partial charge in [0.1, 0.15) is 5.69 Å². The molecule has 0 aliphatic heterocycles. The number of pyridine rings is 3. The lowest BCUT2D eigenvalue weighted by Gasteiger charge is -2.16. The molecule has 3 aromatic heterocycles. The van der Waals surface area contributed by atoms with Crippen molar-refractivity contribution in [3.8, 4) is 22.9 Å². The lowest BCUT2D eigenvalue weighted by molar-refractivity contribution is 0.455. The Kier molecular flexibility index (Phi) is 6.01. The quantitative estimate of drug-likeness (QED) is 0.572. The van der Waals surface area contributed by atoms with Gasteiger partial charge in [-0.1, -0.05) is 0 Å². The van der Waals surface area contributed by atoms with Crippen molar-refractivity contribution in [2.75, 3.05) is 17.2 Å². The van der Waals surface area contributed by atoms with Crippen molar-refractivity contribution in [3.63, 3.8) is 0 Å². The van der Waals surface area contributed by atoms with Crippen LogP contribution in [0, 0.1) is 25.6 Å². The Bertz CT molecular complexity index is 1350. The summed E-state index contributed by atoms with van der Waals surface area (Å²) in [6.45, 7) is 5.53. The number of aryl methyl sites for hydroxylation is 3. The van der Waals surface area contributed by atoms with Gasteiger partial charge in [-0.05, 0) is 50.6 Å². The van der Waals surface area contributed by atoms with Crippen molar-refractivity contribution in [1.29, 1.82) is 4.78 Å². The average Bonchev–Trinajstić information content (AvgIpc) is 2.64. The minimum Gasteiger partial charge on any atom is -0.435 e. The molecule has 0 amide bonds. The Balaban J connectivity index is 2.14. The van der Waals surface area contributed by atoms with E-state index in [-0.39, 0.29) is 16.5 Å². The monoisotopic (exact) mass is 461 g/mol. The highest BCUT2D eigenvalue weighted by Gasteiger charge is 2.17. The van der Waals surface area contributed by atoms with Crippen LogP contribution < -0.4 is 9.46 Å². The van der Waals surface area contributed by atoms with Gasteiger partial charge in [0.2, 0.25) is 15.9 Å². The molecule has 0 aliphatic rings. The highest BCUT2D eigenvalue weighted by Crippen LogP contribution is 2.34. The Morgan fingerprint density at radius 2 is 1.71 bits per heavy atom. The molecule has 3 aromatic rings. The average molecular weight is 462 g/mol. The third kappa shape index (κ3) is 5.56. The second-order valence-electron chi connectivity index (χ2n) is 7.27. The third-order valence-electron chi connectivity index (χ3n) is 4.27. The highest BCUT2D eigenvalue weighted by molar-refractivity contribution is 7.92. The van der Waals surface area contributed by atoms with Gasteiger partial charge >= 0.3 is 0 Å². The normalized spacial score (nSPS) is 13.5. The van der Waals surface area contributed by atoms with Gasteiger partial charge in [-0.15, -0.1) is 0 Å². The Hall–Kier alpha value is -3.05. The van der Waals surface area contributed by atoms with Crippen LogP contribution in [-0.4, -0.2) is 40.1 Å². The molecule has 0 saturated carbocycles. The van der Waals surface area contributed by atoms with E-state index in [2.05, 4.69) is 19.7 Å². The molecule has 0 aliphatic carbocycles. The number of aromatic nitrogens is 3. The minimum absolute atomic E-state index is 0.0355. The maximum absolute atomic E-state index is 12.1. The van der Waals surface area contributed by atoms with E-state index < -0.39 is 19.8 Å². The van der Waals surface area contributed by atoms with Crippen molar-refractivity contribution in [1.82, 2.24) is 15.0 Å². The Labute approximate surface area is 182 Å². The Morgan fingerprint density at radius 3 is 2.32 bits per heavy atom. The largest absolute Gasteiger partial charge is 0.435 e. The van der Waals surface area contributed by atoms with E-state index in [1.807, 2.05) is 19.9 Å². The molecule has 0 fully saturated rings. The fraction of sp³-hybridized carbons (Fsp3) is 0.250. The van der Waals surface area contributed by atoms with Crippen LogP contribution >= 0.6 is 0 Å². The van der Waals surface area contributed by atoms with Gasteiger partial charge in [-0.3, -0.25) is 14.7 Å². The summed E-state index contributed by atoms with van der Waals surface area (Å²) in [5, 5.41) is 0. The standard InChI is InChI=1S/C20H23N5O4S2/c1-12-8-13(2)23-14(3)19(12)29-20-18(25-31(5,27)28)7-6-17(24-20)15-9-16(11-22-10-15)30(4,21)26/h6-11,21,25H,1-5H3. The van der Waals surface area contributed by atoms with Crippen LogP contribution in [0.15, 0.2) is 41.6 Å². The summed E-state index contributed by atoms with van der Waals surface area (Å²) >= 11 is 0. The van der Waals surface area contributed by atoms with Gasteiger partial charge in [0.15, 0.2) is 5.75 Å². The van der Waals surface area contributed by atoms with Gasteiger partial charge in [0.25, 0.3) is 0 Å². The van der Waals surface area contributed by atoms with Crippen LogP contribution in [0.1, 0.15) is 17.0 Å². The fourth-order valence-corrected chi connectivity index (χ4v) is 4.16. The molecule has 9 nitrogen and oxygen atoms in total. The van der Waals surface area contributed by atoms with E-state index in [1.165, 1.54) is 24.7 Å². The van der Waals surface area contributed by atoms with Gasteiger partial charge in [0.05, 0.1) is 32.3 Å². The number of sulfonamides is 1. The number of hydrogen-bond acceptors (Lipinski definition) is 8. The first-order valence-corrected chi connectivity index (χ1v) is 13.0. The maximum atomic E-state index is 12.1. The summed E-state index contributed by atoms with van der Waals surface area (Å²) in [5.41, 5.74) is 3.40. The molecule has 1 atom stereocenters. The zero-order valence-corrected chi connectivity index (χ0v) is 19.4. The predicted molar refractivity (Wildman–Crippen MR) is 120 cm³/mol. The second kappa shape index (κ2) is 8.23. The molecular formula is C20H23N5O4S2. The molecule has 0 saturated heterocycles. The van der Waals surface area contributed by atoms with Crippen molar-refractivity contribution < 1.29 is 17.4 Å². The fourth-order valence-electron chi connectivity index (χ4n) is 2.99. The second-order valence-corrected chi connectivity index (χ2v) is 11.2. The van der Waals surface area contributed by atoms with Crippen LogP contribution in [0.2, 0.25) is 0 Å². The van der Waals surface area contributed by atoms with Gasteiger partial charge in [-0.2, -0.15) is 0 Å². The van der Waals surface area contributed by atoms with E-state index in [1.54, 1.807) is 19.1 Å². The lowest BCUT2D eigenvalue weighted by atomic mass is 10.2. The number of hydrogen-bond donors (Lipinski definition) is 2. The zero-order chi connectivity index (χ0) is 23.0. The molecule has 164 valence electrons. The topological polar surface area (TPSA) is 135 Å². The first-order valence-electron chi connectivity index (χ1n) is 9.14. The van der Waals surface area contributed by atoms with Crippen LogP contribution in [0.25, 0.3) is 11.3 Å². The van der Waals surface area contributed by atoms with Crippen LogP contribution in [0.3, 0.4) is 0 Å². The Morgan fingerprint density at radius 1 is 1.00 bits per heavy atom. The first-order chi connectivity index (χ1) is 14.3. The SMILES string of the molecule is Cc1cc(C)c(Oc2nc(-c3cncc(S(C)(=N)=O)c3)ccc2NS(C)(=O)=O)c(C)n1. The predicted octanol–water partition coefficient (Wildman–Crippen LogP) is 3.66. The number of nitrogens with zero attached hydrogens (tertiary/aromatic N) is 3. The first kappa shape index (κ1) is 22.6. The summed E-state index contributed by atoms with van der Waals surface area (Å²) < 4.78 is 51.9. The smallest absolute Gasteiger partial charge is 0.244 e. The van der Waals surface area contributed by atoms with Crippen LogP contribution in [0.5, 0.6) is 11.6 Å². The van der Waals surface area contributed by atoms with Crippen molar-refractivity contribution in [2.24, 2.45) is 0 Å². The minimum atomic E-state index is -3.58. The van der Waals surface area contributed by atoms with E-state index in [4.69, 9.17) is 9.52 Å². The van der Waals surface area contributed by atoms with Crippen molar-refractivity contribution in [2.45, 2.75) is 25.7 Å². The molecule has 0 aromatic carbocycles. The molecular weight excluding hydrogens is 438 g/mol. The molecule has 0 radical (unpaired) electrons. The van der Waals surface area contributed by atoms with E-state index in [0.29, 0.717) is 22.7 Å². The summed E-state index contributed by atoms with van der Waals surface area (Å²) in [6.07, 6.45) is 5.24. The van der Waals surface area contributed by atoms with Crippen molar-refractivity contribution >= 4 is 25.4 Å². The van der Waals surface area contributed by atoms with Gasteiger partial charge in [0, 0.05) is 29.9 Å². The third-order valence-corrected chi connectivity index (χ3v) is 5.98. The van der Waals surface area contributed by atoms with Crippen molar-refractivity contribution in [3.05, 3.63) is 53.6 Å². The number of anilines is 1. The number of ether oxygens (including phenoxy) is 1. The van der Waals surface area contributed by atoms with E-state index in [0.717, 1.165) is 17.5 Å². The van der Waals surface area contributed by atoms with Gasteiger partial charge < -0.3 is 4.74 Å². The maximum Gasteiger partial charge on any atom is 0.244 e. The molecule has 3 heterocycles. The van der Waals surface area contributed by atoms with E-state index >= 15 is 0 Å². The number of rotatable bonds is 6. The summed E-state index contributed by atoms with van der Waals surface area (Å²) in [5.74, 6) is 0.509. The molecule has 3 rings (SSSR count). The summed E-state index contributed by atoms with van der Waals surface area (Å²) in [7, 11) is -6.54. The molecule has 11 heteroatoms. The van der Waals surface area contributed by atoms with Gasteiger partial charge in [-0.25, -0.2) is 22.4 Å². The van der Waals surface area contributed by atoms with Crippen LogP contribution in [-0.2, 0) is 19.8 Å². The lowest BCUT2D eigenvalue weighted by Crippen LogP contribution is -2.11. The molecule has 1 unspecified atom stereocenters. The number of nitrogens with one attached hydrogen (secondary N) is 2. The highest BCUT2D eigenvalue weighted by atomic mass is 32.2.